The van der Waals surface area contributed by atoms with Crippen molar-refractivity contribution in [2.75, 3.05) is 53.4 Å². The first-order valence-corrected chi connectivity index (χ1v) is 8.86. The number of benzene rings is 1. The van der Waals surface area contributed by atoms with E-state index in [0.29, 0.717) is 18.0 Å². The molecule has 1 fully saturated rings. The Morgan fingerprint density at radius 1 is 1.05 bits per heavy atom. The minimum absolute atomic E-state index is 0.394. The minimum Gasteiger partial charge on any atom is -0.309 e. The molecule has 0 aliphatic carbocycles. The zero-order valence-electron chi connectivity index (χ0n) is 12.9. The fraction of sp³-hybridized carbons (Fsp3) is 0.600. The number of sulfonamides is 1. The molecule has 1 aromatic rings. The summed E-state index contributed by atoms with van der Waals surface area (Å²) >= 11 is 0. The van der Waals surface area contributed by atoms with Gasteiger partial charge in [0.2, 0.25) is 10.0 Å². The van der Waals surface area contributed by atoms with Gasteiger partial charge in [0, 0.05) is 26.2 Å². The molecule has 1 aliphatic rings. The van der Waals surface area contributed by atoms with Crippen LogP contribution in [0.3, 0.4) is 0 Å². The lowest BCUT2D eigenvalue weighted by molar-refractivity contribution is 0.181. The van der Waals surface area contributed by atoms with E-state index in [1.807, 2.05) is 6.07 Å². The fourth-order valence-electron chi connectivity index (χ4n) is 2.55. The Hall–Kier alpha value is -0.950. The third-order valence-corrected chi connectivity index (χ3v) is 5.70. The van der Waals surface area contributed by atoms with E-state index in [-0.39, 0.29) is 0 Å². The van der Waals surface area contributed by atoms with Crippen LogP contribution in [0.25, 0.3) is 0 Å². The molecule has 0 aromatic heterocycles. The third-order valence-electron chi connectivity index (χ3n) is 3.79. The van der Waals surface area contributed by atoms with Gasteiger partial charge in [0.1, 0.15) is 0 Å². The van der Waals surface area contributed by atoms with Crippen molar-refractivity contribution in [3.8, 4) is 0 Å². The Morgan fingerprint density at radius 2 is 1.67 bits per heavy atom. The number of hydrogen-bond acceptors (Lipinski definition) is 4. The quantitative estimate of drug-likeness (QED) is 0.784. The Bertz CT molecular complexity index is 523. The highest BCUT2D eigenvalue weighted by atomic mass is 32.2. The van der Waals surface area contributed by atoms with Gasteiger partial charge in [-0.15, -0.1) is 0 Å². The van der Waals surface area contributed by atoms with Gasteiger partial charge < -0.3 is 9.80 Å². The molecule has 0 atom stereocenters. The Balaban J connectivity index is 1.86. The van der Waals surface area contributed by atoms with Crippen LogP contribution in [0, 0.1) is 0 Å². The van der Waals surface area contributed by atoms with Gasteiger partial charge in [-0.25, -0.2) is 8.42 Å². The zero-order valence-corrected chi connectivity index (χ0v) is 13.7. The molecule has 0 spiro atoms. The van der Waals surface area contributed by atoms with Crippen LogP contribution in [-0.2, 0) is 10.0 Å². The van der Waals surface area contributed by atoms with Crippen LogP contribution in [0.2, 0.25) is 0 Å². The molecule has 2 rings (SSSR count). The van der Waals surface area contributed by atoms with E-state index in [1.54, 1.807) is 28.6 Å². The van der Waals surface area contributed by atoms with E-state index in [9.17, 15) is 8.42 Å². The van der Waals surface area contributed by atoms with E-state index in [0.717, 1.165) is 32.6 Å². The van der Waals surface area contributed by atoms with Crippen LogP contribution in [-0.4, -0.2) is 75.9 Å². The molecule has 0 bridgehead atoms. The largest absolute Gasteiger partial charge is 0.309 e. The topological polar surface area (TPSA) is 43.9 Å². The summed E-state index contributed by atoms with van der Waals surface area (Å²) in [7, 11) is 0.827. The molecule has 118 valence electrons. The molecule has 1 heterocycles. The zero-order chi connectivity index (χ0) is 15.3. The molecule has 21 heavy (non-hydrogen) atoms. The maximum absolute atomic E-state index is 12.5. The van der Waals surface area contributed by atoms with Gasteiger partial charge in [0.15, 0.2) is 0 Å². The third kappa shape index (κ3) is 4.51. The smallest absolute Gasteiger partial charge is 0.243 e. The Morgan fingerprint density at radius 3 is 2.24 bits per heavy atom. The Labute approximate surface area is 128 Å². The average molecular weight is 311 g/mol. The van der Waals surface area contributed by atoms with Crippen LogP contribution in [0.15, 0.2) is 35.2 Å². The fourth-order valence-corrected chi connectivity index (χ4v) is 3.99. The van der Waals surface area contributed by atoms with Crippen molar-refractivity contribution >= 4 is 10.0 Å². The summed E-state index contributed by atoms with van der Waals surface area (Å²) in [5, 5.41) is 0. The van der Waals surface area contributed by atoms with Crippen molar-refractivity contribution in [2.45, 2.75) is 11.3 Å². The molecule has 1 aliphatic heterocycles. The maximum atomic E-state index is 12.5. The van der Waals surface area contributed by atoms with Crippen LogP contribution in [0.1, 0.15) is 6.42 Å². The highest BCUT2D eigenvalue weighted by molar-refractivity contribution is 7.89. The molecule has 1 aromatic carbocycles. The second kappa shape index (κ2) is 7.35. The van der Waals surface area contributed by atoms with Gasteiger partial charge in [-0.05, 0) is 45.7 Å². The molecule has 0 N–H and O–H groups in total. The molecule has 0 saturated carbocycles. The molecule has 1 saturated heterocycles. The lowest BCUT2D eigenvalue weighted by Crippen LogP contribution is -2.48. The van der Waals surface area contributed by atoms with Gasteiger partial charge in [0.05, 0.1) is 4.90 Å². The summed E-state index contributed by atoms with van der Waals surface area (Å²) in [5.74, 6) is 0. The van der Waals surface area contributed by atoms with Crippen molar-refractivity contribution in [2.24, 2.45) is 0 Å². The predicted molar refractivity (Wildman–Crippen MR) is 84.8 cm³/mol. The highest BCUT2D eigenvalue weighted by Gasteiger charge is 2.27. The Kier molecular flexibility index (Phi) is 5.75. The molecule has 0 radical (unpaired) electrons. The van der Waals surface area contributed by atoms with E-state index in [2.05, 4.69) is 23.9 Å². The van der Waals surface area contributed by atoms with Crippen molar-refractivity contribution in [1.29, 1.82) is 0 Å². The minimum atomic E-state index is -3.32. The van der Waals surface area contributed by atoms with Gasteiger partial charge in [-0.3, -0.25) is 0 Å². The van der Waals surface area contributed by atoms with Gasteiger partial charge in [-0.2, -0.15) is 4.31 Å². The number of piperazine rings is 1. The predicted octanol–water partition coefficient (Wildman–Crippen LogP) is 0.945. The molecule has 0 unspecified atom stereocenters. The summed E-state index contributed by atoms with van der Waals surface area (Å²) in [4.78, 5) is 4.92. The standard InChI is InChI=1S/C15H25N3O2S/c1-16(2)9-6-10-17-11-13-18(14-12-17)21(19,20)15-7-4-3-5-8-15/h3-5,7-8H,6,9-14H2,1-2H3. The molecule has 0 amide bonds. The lowest BCUT2D eigenvalue weighted by Gasteiger charge is -2.34. The first-order valence-electron chi connectivity index (χ1n) is 7.42. The van der Waals surface area contributed by atoms with Gasteiger partial charge >= 0.3 is 0 Å². The van der Waals surface area contributed by atoms with Gasteiger partial charge in [0.25, 0.3) is 0 Å². The number of nitrogens with zero attached hydrogens (tertiary/aromatic N) is 3. The number of rotatable bonds is 6. The van der Waals surface area contributed by atoms with Crippen LogP contribution < -0.4 is 0 Å². The molecule has 6 heteroatoms. The van der Waals surface area contributed by atoms with Gasteiger partial charge in [-0.1, -0.05) is 18.2 Å². The van der Waals surface area contributed by atoms with E-state index < -0.39 is 10.0 Å². The van der Waals surface area contributed by atoms with Crippen LogP contribution in [0.4, 0.5) is 0 Å². The molecular weight excluding hydrogens is 286 g/mol. The van der Waals surface area contributed by atoms with Crippen molar-refractivity contribution < 1.29 is 8.42 Å². The summed E-state index contributed by atoms with van der Waals surface area (Å²) in [6.07, 6.45) is 1.12. The van der Waals surface area contributed by atoms with E-state index >= 15 is 0 Å². The maximum Gasteiger partial charge on any atom is 0.243 e. The first kappa shape index (κ1) is 16.4. The van der Waals surface area contributed by atoms with Crippen LogP contribution >= 0.6 is 0 Å². The van der Waals surface area contributed by atoms with Crippen molar-refractivity contribution in [1.82, 2.24) is 14.1 Å². The highest BCUT2D eigenvalue weighted by Crippen LogP contribution is 2.17. The van der Waals surface area contributed by atoms with Crippen LogP contribution in [0.5, 0.6) is 0 Å². The SMILES string of the molecule is CN(C)CCCN1CCN(S(=O)(=O)c2ccccc2)CC1. The van der Waals surface area contributed by atoms with E-state index in [4.69, 9.17) is 0 Å². The monoisotopic (exact) mass is 311 g/mol. The van der Waals surface area contributed by atoms with Crippen molar-refractivity contribution in [3.05, 3.63) is 30.3 Å². The van der Waals surface area contributed by atoms with E-state index in [1.165, 1.54) is 0 Å². The summed E-state index contributed by atoms with van der Waals surface area (Å²) in [6, 6.07) is 8.70. The molecule has 5 nitrogen and oxygen atoms in total. The lowest BCUT2D eigenvalue weighted by atomic mass is 10.3. The average Bonchev–Trinajstić information content (AvgIpc) is 2.48. The van der Waals surface area contributed by atoms with Crippen molar-refractivity contribution in [3.63, 3.8) is 0 Å². The summed E-state index contributed by atoms with van der Waals surface area (Å²) in [5.41, 5.74) is 0. The summed E-state index contributed by atoms with van der Waals surface area (Å²) < 4.78 is 26.6. The first-order chi connectivity index (χ1) is 10.00. The second-order valence-electron chi connectivity index (χ2n) is 5.72. The normalized spacial score (nSPS) is 18.2. The molecular formula is C15H25N3O2S. The number of hydrogen-bond donors (Lipinski definition) is 0. The summed E-state index contributed by atoms with van der Waals surface area (Å²) in [6.45, 7) is 4.91. The second-order valence-corrected chi connectivity index (χ2v) is 7.65.